The smallest absolute Gasteiger partial charge is 0.247 e. The molecule has 152 valence electrons. The van der Waals surface area contributed by atoms with Crippen molar-refractivity contribution < 1.29 is 22.7 Å². The third-order valence-electron chi connectivity index (χ3n) is 3.91. The van der Waals surface area contributed by atoms with Gasteiger partial charge in [0.1, 0.15) is 17.5 Å². The summed E-state index contributed by atoms with van der Waals surface area (Å²) in [5, 5.41) is 2.96. The first-order valence-corrected chi connectivity index (χ1v) is 10.8. The largest absolute Gasteiger partial charge is 0.495 e. The Bertz CT molecular complexity index is 932. The Morgan fingerprint density at radius 2 is 1.86 bits per heavy atom. The fourth-order valence-corrected chi connectivity index (χ4v) is 4.07. The van der Waals surface area contributed by atoms with Crippen molar-refractivity contribution in [3.63, 3.8) is 0 Å². The highest BCUT2D eigenvalue weighted by atomic mass is 35.5. The van der Waals surface area contributed by atoms with Gasteiger partial charge in [-0.15, -0.1) is 0 Å². The van der Waals surface area contributed by atoms with Crippen molar-refractivity contribution in [1.82, 2.24) is 0 Å². The Morgan fingerprint density at radius 1 is 1.21 bits per heavy atom. The van der Waals surface area contributed by atoms with E-state index in [0.29, 0.717) is 23.8 Å². The first-order chi connectivity index (χ1) is 13.2. The molecular weight excluding hydrogens is 404 g/mol. The zero-order valence-electron chi connectivity index (χ0n) is 16.1. The van der Waals surface area contributed by atoms with Crippen molar-refractivity contribution in [2.75, 3.05) is 29.6 Å². The van der Waals surface area contributed by atoms with E-state index < -0.39 is 22.0 Å². The Labute approximate surface area is 170 Å². The summed E-state index contributed by atoms with van der Waals surface area (Å²) in [4.78, 5) is 12.7. The number of carbonyl (C=O) groups is 1. The lowest BCUT2D eigenvalue weighted by Gasteiger charge is -2.28. The molecule has 0 spiro atoms. The monoisotopic (exact) mass is 426 g/mol. The van der Waals surface area contributed by atoms with Gasteiger partial charge in [0.15, 0.2) is 0 Å². The molecule has 0 fully saturated rings. The molecule has 0 aromatic heterocycles. The van der Waals surface area contributed by atoms with Crippen LogP contribution < -0.4 is 19.1 Å². The zero-order chi connectivity index (χ0) is 20.9. The van der Waals surface area contributed by atoms with Crippen molar-refractivity contribution in [3.8, 4) is 11.5 Å². The molecule has 2 aromatic rings. The van der Waals surface area contributed by atoms with E-state index in [2.05, 4.69) is 5.32 Å². The van der Waals surface area contributed by atoms with E-state index in [1.165, 1.54) is 26.2 Å². The summed E-state index contributed by atoms with van der Waals surface area (Å²) in [5.74, 6) is 0.603. The normalized spacial score (nSPS) is 12.2. The standard InChI is InChI=1S/C19H23ClN2O5S/c1-5-27-16-9-6-14(7-10-16)21-19(23)13(2)22(28(4,24)25)15-8-11-18(26-3)17(20)12-15/h6-13H,5H2,1-4H3,(H,21,23)/t13-/m0/s1. The topological polar surface area (TPSA) is 84.9 Å². The highest BCUT2D eigenvalue weighted by Gasteiger charge is 2.29. The van der Waals surface area contributed by atoms with Crippen LogP contribution in [-0.2, 0) is 14.8 Å². The lowest BCUT2D eigenvalue weighted by molar-refractivity contribution is -0.116. The third-order valence-corrected chi connectivity index (χ3v) is 5.45. The minimum Gasteiger partial charge on any atom is -0.495 e. The quantitative estimate of drug-likeness (QED) is 0.697. The maximum absolute atomic E-state index is 12.7. The molecule has 0 saturated carbocycles. The predicted molar refractivity (Wildman–Crippen MR) is 111 cm³/mol. The van der Waals surface area contributed by atoms with Gasteiger partial charge in [-0.25, -0.2) is 8.42 Å². The number of hydrogen-bond acceptors (Lipinski definition) is 5. The number of methoxy groups -OCH3 is 1. The number of nitrogens with one attached hydrogen (secondary N) is 1. The van der Waals surface area contributed by atoms with Gasteiger partial charge in [0.05, 0.1) is 30.7 Å². The van der Waals surface area contributed by atoms with Gasteiger partial charge >= 0.3 is 0 Å². The highest BCUT2D eigenvalue weighted by Crippen LogP contribution is 2.31. The molecule has 0 unspecified atom stereocenters. The average molecular weight is 427 g/mol. The molecule has 2 rings (SSSR count). The minimum absolute atomic E-state index is 0.243. The number of anilines is 2. The minimum atomic E-state index is -3.75. The van der Waals surface area contributed by atoms with Gasteiger partial charge in [-0.1, -0.05) is 11.6 Å². The van der Waals surface area contributed by atoms with E-state index in [0.717, 1.165) is 10.6 Å². The summed E-state index contributed by atoms with van der Waals surface area (Å²) in [6.45, 7) is 3.92. The SMILES string of the molecule is CCOc1ccc(NC(=O)[C@H](C)N(c2ccc(OC)c(Cl)c2)S(C)(=O)=O)cc1. The summed E-state index contributed by atoms with van der Waals surface area (Å²) >= 11 is 6.12. The molecule has 7 nitrogen and oxygen atoms in total. The molecule has 28 heavy (non-hydrogen) atoms. The first-order valence-electron chi connectivity index (χ1n) is 8.54. The van der Waals surface area contributed by atoms with Crippen molar-refractivity contribution >= 4 is 38.9 Å². The summed E-state index contributed by atoms with van der Waals surface area (Å²) in [5.41, 5.74) is 0.796. The van der Waals surface area contributed by atoms with E-state index in [9.17, 15) is 13.2 Å². The lowest BCUT2D eigenvalue weighted by atomic mass is 10.2. The molecule has 0 saturated heterocycles. The van der Waals surface area contributed by atoms with Crippen molar-refractivity contribution in [1.29, 1.82) is 0 Å². The van der Waals surface area contributed by atoms with Crippen LogP contribution in [0.3, 0.4) is 0 Å². The number of carbonyl (C=O) groups excluding carboxylic acids is 1. The van der Waals surface area contributed by atoms with E-state index in [-0.39, 0.29) is 10.7 Å². The molecule has 0 aliphatic rings. The van der Waals surface area contributed by atoms with Crippen LogP contribution in [0.1, 0.15) is 13.8 Å². The number of nitrogens with zero attached hydrogens (tertiary/aromatic N) is 1. The van der Waals surface area contributed by atoms with E-state index in [1.807, 2.05) is 6.92 Å². The highest BCUT2D eigenvalue weighted by molar-refractivity contribution is 7.92. The summed E-state index contributed by atoms with van der Waals surface area (Å²) < 4.78 is 36.2. The second kappa shape index (κ2) is 9.16. The van der Waals surface area contributed by atoms with Crippen LogP contribution in [0.5, 0.6) is 11.5 Å². The van der Waals surface area contributed by atoms with E-state index in [4.69, 9.17) is 21.1 Å². The van der Waals surface area contributed by atoms with Crippen LogP contribution in [0.25, 0.3) is 0 Å². The van der Waals surface area contributed by atoms with E-state index >= 15 is 0 Å². The number of sulfonamides is 1. The Hall–Kier alpha value is -2.45. The van der Waals surface area contributed by atoms with Gasteiger partial charge in [-0.3, -0.25) is 9.10 Å². The number of hydrogen-bond donors (Lipinski definition) is 1. The second-order valence-electron chi connectivity index (χ2n) is 6.00. The van der Waals surface area contributed by atoms with Crippen molar-refractivity contribution in [3.05, 3.63) is 47.5 Å². The molecular formula is C19H23ClN2O5S. The maximum Gasteiger partial charge on any atom is 0.247 e. The van der Waals surface area contributed by atoms with Gasteiger partial charge in [-0.05, 0) is 56.3 Å². The van der Waals surface area contributed by atoms with Gasteiger partial charge in [-0.2, -0.15) is 0 Å². The molecule has 0 heterocycles. The Kier molecular flexibility index (Phi) is 7.15. The van der Waals surface area contributed by atoms with Crippen molar-refractivity contribution in [2.24, 2.45) is 0 Å². The zero-order valence-corrected chi connectivity index (χ0v) is 17.7. The molecule has 2 aromatic carbocycles. The van der Waals surface area contributed by atoms with E-state index in [1.54, 1.807) is 30.3 Å². The molecule has 0 aliphatic carbocycles. The Morgan fingerprint density at radius 3 is 2.36 bits per heavy atom. The Balaban J connectivity index is 2.26. The van der Waals surface area contributed by atoms with Gasteiger partial charge in [0, 0.05) is 5.69 Å². The van der Waals surface area contributed by atoms with Crippen LogP contribution in [-0.4, -0.2) is 40.3 Å². The number of rotatable bonds is 8. The van der Waals surface area contributed by atoms with Crippen LogP contribution >= 0.6 is 11.6 Å². The molecule has 0 radical (unpaired) electrons. The number of benzene rings is 2. The number of halogens is 1. The van der Waals surface area contributed by atoms with Crippen LogP contribution in [0.4, 0.5) is 11.4 Å². The maximum atomic E-state index is 12.7. The number of ether oxygens (including phenoxy) is 2. The predicted octanol–water partition coefficient (Wildman–Crippen LogP) is 3.54. The summed E-state index contributed by atoms with van der Waals surface area (Å²) in [6.07, 6.45) is 1.03. The average Bonchev–Trinajstić information content (AvgIpc) is 2.62. The van der Waals surface area contributed by atoms with Crippen molar-refractivity contribution in [2.45, 2.75) is 19.9 Å². The summed E-state index contributed by atoms with van der Waals surface area (Å²) in [6, 6.07) is 10.3. The molecule has 9 heteroatoms. The second-order valence-corrected chi connectivity index (χ2v) is 8.27. The molecule has 1 N–H and O–H groups in total. The fraction of sp³-hybridized carbons (Fsp3) is 0.316. The fourth-order valence-electron chi connectivity index (χ4n) is 2.65. The molecule has 1 amide bonds. The van der Waals surface area contributed by atoms with Gasteiger partial charge in [0.2, 0.25) is 15.9 Å². The molecule has 0 bridgehead atoms. The number of amides is 1. The first kappa shape index (κ1) is 21.8. The molecule has 0 aliphatic heterocycles. The van der Waals surface area contributed by atoms with Crippen LogP contribution in [0.2, 0.25) is 5.02 Å². The third kappa shape index (κ3) is 5.30. The molecule has 1 atom stereocenters. The van der Waals surface area contributed by atoms with Gasteiger partial charge in [0.25, 0.3) is 0 Å². The van der Waals surface area contributed by atoms with Gasteiger partial charge < -0.3 is 14.8 Å². The summed E-state index contributed by atoms with van der Waals surface area (Å²) in [7, 11) is -2.29. The van der Waals surface area contributed by atoms with Crippen LogP contribution in [0, 0.1) is 0 Å². The van der Waals surface area contributed by atoms with Crippen LogP contribution in [0.15, 0.2) is 42.5 Å². The lowest BCUT2D eigenvalue weighted by Crippen LogP contribution is -2.45.